The second-order valence-corrected chi connectivity index (χ2v) is 6.21. The molecular weight excluding hydrogens is 277 g/mol. The summed E-state index contributed by atoms with van der Waals surface area (Å²) in [6.45, 7) is 5.09. The molecule has 2 rings (SSSR count). The topological polar surface area (TPSA) is 75.6 Å². The fourth-order valence-corrected chi connectivity index (χ4v) is 2.08. The first-order valence-electron chi connectivity index (χ1n) is 6.67. The van der Waals surface area contributed by atoms with Crippen LogP contribution in [0.2, 0.25) is 0 Å². The molecule has 0 spiro atoms. The van der Waals surface area contributed by atoms with E-state index in [4.69, 9.17) is 4.74 Å². The summed E-state index contributed by atoms with van der Waals surface area (Å²) < 4.78 is 18.8. The molecule has 0 bridgehead atoms. The van der Waals surface area contributed by atoms with Crippen molar-refractivity contribution in [2.45, 2.75) is 44.6 Å². The molecule has 2 N–H and O–H groups in total. The Kier molecular flexibility index (Phi) is 3.65. The predicted octanol–water partition coefficient (Wildman–Crippen LogP) is 3.29. The molecule has 0 aromatic heterocycles. The molecule has 0 aliphatic heterocycles. The van der Waals surface area contributed by atoms with E-state index < -0.39 is 28.9 Å². The average Bonchev–Trinajstić information content (AvgIpc) is 3.10. The lowest BCUT2D eigenvalue weighted by Crippen LogP contribution is -2.27. The monoisotopic (exact) mass is 295 g/mol. The average molecular weight is 295 g/mol. The molecular formula is C15H18FNO4. The van der Waals surface area contributed by atoms with E-state index in [1.807, 2.05) is 0 Å². The third-order valence-corrected chi connectivity index (χ3v) is 3.31. The van der Waals surface area contributed by atoms with E-state index in [0.717, 1.165) is 6.07 Å². The summed E-state index contributed by atoms with van der Waals surface area (Å²) in [5.41, 5.74) is -1.23. The molecule has 1 saturated carbocycles. The smallest absolute Gasteiger partial charge is 0.412 e. The number of benzene rings is 1. The van der Waals surface area contributed by atoms with Crippen LogP contribution in [-0.2, 0) is 14.9 Å². The third kappa shape index (κ3) is 3.32. The Morgan fingerprint density at radius 1 is 1.33 bits per heavy atom. The quantitative estimate of drug-likeness (QED) is 0.897. The van der Waals surface area contributed by atoms with Gasteiger partial charge in [-0.15, -0.1) is 0 Å². The van der Waals surface area contributed by atoms with E-state index in [-0.39, 0.29) is 5.69 Å². The Hall–Kier alpha value is -2.11. The maximum atomic E-state index is 13.8. The maximum absolute atomic E-state index is 13.8. The molecule has 6 heteroatoms. The van der Waals surface area contributed by atoms with E-state index in [0.29, 0.717) is 18.4 Å². The van der Waals surface area contributed by atoms with Crippen LogP contribution in [0.1, 0.15) is 39.2 Å². The number of carbonyl (C=O) groups excluding carboxylic acids is 1. The predicted molar refractivity (Wildman–Crippen MR) is 74.8 cm³/mol. The van der Waals surface area contributed by atoms with Gasteiger partial charge in [-0.3, -0.25) is 10.1 Å². The minimum atomic E-state index is -0.946. The number of amides is 1. The zero-order valence-corrected chi connectivity index (χ0v) is 12.2. The number of anilines is 1. The molecule has 114 valence electrons. The van der Waals surface area contributed by atoms with E-state index >= 15 is 0 Å². The standard InChI is InChI=1S/C15H18FNO4/c1-14(2,3)21-13(20)17-11-8-9(4-5-10(11)16)15(6-7-15)12(18)19/h4-5,8H,6-7H2,1-3H3,(H,17,20)(H,18,19). The van der Waals surface area contributed by atoms with E-state index in [1.54, 1.807) is 20.8 Å². The van der Waals surface area contributed by atoms with Crippen molar-refractivity contribution in [1.82, 2.24) is 0 Å². The van der Waals surface area contributed by atoms with Crippen LogP contribution in [-0.4, -0.2) is 22.8 Å². The minimum Gasteiger partial charge on any atom is -0.481 e. The number of hydrogen-bond acceptors (Lipinski definition) is 3. The summed E-state index contributed by atoms with van der Waals surface area (Å²) in [6.07, 6.45) is 0.249. The molecule has 0 heterocycles. The summed E-state index contributed by atoms with van der Waals surface area (Å²) in [5.74, 6) is -1.57. The molecule has 1 aromatic carbocycles. The number of halogens is 1. The lowest BCUT2D eigenvalue weighted by Gasteiger charge is -2.20. The van der Waals surface area contributed by atoms with Crippen molar-refractivity contribution in [1.29, 1.82) is 0 Å². The molecule has 1 aliphatic carbocycles. The van der Waals surface area contributed by atoms with Gasteiger partial charge in [0, 0.05) is 0 Å². The van der Waals surface area contributed by atoms with E-state index in [2.05, 4.69) is 5.32 Å². The Balaban J connectivity index is 2.21. The summed E-state index contributed by atoms with van der Waals surface area (Å²) >= 11 is 0. The largest absolute Gasteiger partial charge is 0.481 e. The molecule has 0 radical (unpaired) electrons. The highest BCUT2D eigenvalue weighted by atomic mass is 19.1. The minimum absolute atomic E-state index is 0.0747. The van der Waals surface area contributed by atoms with Gasteiger partial charge in [0.1, 0.15) is 11.4 Å². The lowest BCUT2D eigenvalue weighted by atomic mass is 9.95. The van der Waals surface area contributed by atoms with E-state index in [9.17, 15) is 19.1 Å². The highest BCUT2D eigenvalue weighted by Crippen LogP contribution is 2.49. The molecule has 1 fully saturated rings. The van der Waals surface area contributed by atoms with Crippen LogP contribution in [0.5, 0.6) is 0 Å². The van der Waals surface area contributed by atoms with Gasteiger partial charge >= 0.3 is 12.1 Å². The Labute approximate surface area is 122 Å². The van der Waals surface area contributed by atoms with Gasteiger partial charge in [0.05, 0.1) is 11.1 Å². The second-order valence-electron chi connectivity index (χ2n) is 6.21. The van der Waals surface area contributed by atoms with Crippen molar-refractivity contribution < 1.29 is 23.8 Å². The van der Waals surface area contributed by atoms with Crippen LogP contribution in [0.25, 0.3) is 0 Å². The zero-order valence-electron chi connectivity index (χ0n) is 12.2. The van der Waals surface area contributed by atoms with Gasteiger partial charge in [0.15, 0.2) is 0 Å². The number of carboxylic acid groups (broad SMARTS) is 1. The number of ether oxygens (including phenoxy) is 1. The summed E-state index contributed by atoms with van der Waals surface area (Å²) in [4.78, 5) is 23.0. The van der Waals surface area contributed by atoms with Gasteiger partial charge in [-0.25, -0.2) is 9.18 Å². The van der Waals surface area contributed by atoms with Crippen LogP contribution in [0.15, 0.2) is 18.2 Å². The molecule has 21 heavy (non-hydrogen) atoms. The van der Waals surface area contributed by atoms with Gasteiger partial charge in [0.25, 0.3) is 0 Å². The van der Waals surface area contributed by atoms with Crippen molar-refractivity contribution in [3.05, 3.63) is 29.6 Å². The van der Waals surface area contributed by atoms with Crippen LogP contribution in [0.4, 0.5) is 14.9 Å². The number of rotatable bonds is 3. The Morgan fingerprint density at radius 2 is 1.95 bits per heavy atom. The van der Waals surface area contributed by atoms with Gasteiger partial charge in [-0.2, -0.15) is 0 Å². The number of nitrogens with one attached hydrogen (secondary N) is 1. The molecule has 1 aliphatic rings. The van der Waals surface area contributed by atoms with Crippen molar-refractivity contribution in [3.63, 3.8) is 0 Å². The molecule has 1 aromatic rings. The number of carbonyl (C=O) groups is 2. The number of carboxylic acids is 1. The van der Waals surface area contributed by atoms with Gasteiger partial charge in [-0.05, 0) is 51.3 Å². The van der Waals surface area contributed by atoms with Gasteiger partial charge in [0.2, 0.25) is 0 Å². The number of hydrogen-bond donors (Lipinski definition) is 2. The van der Waals surface area contributed by atoms with Gasteiger partial charge < -0.3 is 9.84 Å². The highest BCUT2D eigenvalue weighted by molar-refractivity contribution is 5.88. The van der Waals surface area contributed by atoms with Crippen molar-refractivity contribution in [2.75, 3.05) is 5.32 Å². The first kappa shape index (κ1) is 15.3. The third-order valence-electron chi connectivity index (χ3n) is 3.31. The Bertz CT molecular complexity index is 588. The second kappa shape index (κ2) is 5.02. The molecule has 1 amide bonds. The van der Waals surface area contributed by atoms with Crippen molar-refractivity contribution in [3.8, 4) is 0 Å². The van der Waals surface area contributed by atoms with E-state index in [1.165, 1.54) is 12.1 Å². The first-order valence-corrected chi connectivity index (χ1v) is 6.67. The summed E-state index contributed by atoms with van der Waals surface area (Å²) in [5, 5.41) is 11.6. The first-order chi connectivity index (χ1) is 9.64. The SMILES string of the molecule is CC(C)(C)OC(=O)Nc1cc(C2(C(=O)O)CC2)ccc1F. The highest BCUT2D eigenvalue weighted by Gasteiger charge is 2.51. The fourth-order valence-electron chi connectivity index (χ4n) is 2.08. The molecule has 0 unspecified atom stereocenters. The normalized spacial score (nSPS) is 16.2. The molecule has 0 saturated heterocycles. The summed E-state index contributed by atoms with van der Waals surface area (Å²) in [6, 6.07) is 3.96. The fraction of sp³-hybridized carbons (Fsp3) is 0.467. The van der Waals surface area contributed by atoms with Crippen LogP contribution in [0, 0.1) is 5.82 Å². The zero-order chi connectivity index (χ0) is 15.8. The molecule has 5 nitrogen and oxygen atoms in total. The molecule has 0 atom stereocenters. The van der Waals surface area contributed by atoms with Crippen LogP contribution >= 0.6 is 0 Å². The van der Waals surface area contributed by atoms with Gasteiger partial charge in [-0.1, -0.05) is 6.07 Å². The van der Waals surface area contributed by atoms with Crippen LogP contribution in [0.3, 0.4) is 0 Å². The number of aliphatic carboxylic acids is 1. The summed E-state index contributed by atoms with van der Waals surface area (Å²) in [7, 11) is 0. The van der Waals surface area contributed by atoms with Crippen LogP contribution < -0.4 is 5.32 Å². The van der Waals surface area contributed by atoms with Crippen molar-refractivity contribution in [2.24, 2.45) is 0 Å². The Morgan fingerprint density at radius 3 is 2.43 bits per heavy atom. The van der Waals surface area contributed by atoms with Crippen molar-refractivity contribution >= 4 is 17.7 Å². The maximum Gasteiger partial charge on any atom is 0.412 e. The lowest BCUT2D eigenvalue weighted by molar-refractivity contribution is -0.140.